The Hall–Kier alpha value is -2.15. The second kappa shape index (κ2) is 6.74. The van der Waals surface area contributed by atoms with Crippen molar-refractivity contribution in [1.29, 1.82) is 0 Å². The molecule has 0 saturated heterocycles. The lowest BCUT2D eigenvalue weighted by atomic mass is 10.1. The Morgan fingerprint density at radius 3 is 2.68 bits per heavy atom. The predicted molar refractivity (Wildman–Crippen MR) is 89.1 cm³/mol. The van der Waals surface area contributed by atoms with Gasteiger partial charge in [0, 0.05) is 18.4 Å². The summed E-state index contributed by atoms with van der Waals surface area (Å²) in [4.78, 5) is 16.1. The van der Waals surface area contributed by atoms with Crippen LogP contribution in [0.4, 0.5) is 0 Å². The third-order valence-electron chi connectivity index (χ3n) is 2.71. The predicted octanol–water partition coefficient (Wildman–Crippen LogP) is 2.05. The molecule has 7 heteroatoms. The first-order valence-electron chi connectivity index (χ1n) is 7.05. The van der Waals surface area contributed by atoms with E-state index in [-0.39, 0.29) is 17.9 Å². The van der Waals surface area contributed by atoms with Crippen LogP contribution < -0.4 is 16.2 Å². The molecule has 0 radical (unpaired) electrons. The standard InChI is InChI=1S/C15H20N4O2S/c1-15(2,3)17-14(22)19-18-12(20)8-9-13-16-10-6-4-5-7-11(10)21-13/h4-7H,8-9H2,1-3H3,(H,18,20)(H2,17,19,22). The number of nitrogens with one attached hydrogen (secondary N) is 3. The van der Waals surface area contributed by atoms with Crippen LogP contribution in [-0.4, -0.2) is 21.5 Å². The van der Waals surface area contributed by atoms with Gasteiger partial charge in [0.2, 0.25) is 5.91 Å². The number of fused-ring (bicyclic) bond motifs is 1. The number of hydrazine groups is 1. The number of benzene rings is 1. The van der Waals surface area contributed by atoms with Gasteiger partial charge in [-0.1, -0.05) is 12.1 Å². The quantitative estimate of drug-likeness (QED) is 0.593. The third-order valence-corrected chi connectivity index (χ3v) is 2.91. The fourth-order valence-corrected chi connectivity index (χ4v) is 2.17. The topological polar surface area (TPSA) is 79.2 Å². The molecular formula is C15H20N4O2S. The molecule has 1 heterocycles. The third kappa shape index (κ3) is 5.00. The second-order valence-electron chi connectivity index (χ2n) is 5.95. The van der Waals surface area contributed by atoms with Gasteiger partial charge in [-0.2, -0.15) is 0 Å². The van der Waals surface area contributed by atoms with Gasteiger partial charge in [0.15, 0.2) is 16.6 Å². The van der Waals surface area contributed by atoms with E-state index in [1.807, 2.05) is 45.0 Å². The summed E-state index contributed by atoms with van der Waals surface area (Å²) in [6, 6.07) is 7.51. The van der Waals surface area contributed by atoms with Crippen molar-refractivity contribution >= 4 is 34.3 Å². The molecule has 0 fully saturated rings. The first kappa shape index (κ1) is 16.2. The molecule has 22 heavy (non-hydrogen) atoms. The molecule has 2 aromatic rings. The van der Waals surface area contributed by atoms with Crippen LogP contribution in [0.1, 0.15) is 33.1 Å². The van der Waals surface area contributed by atoms with Crippen LogP contribution in [0.3, 0.4) is 0 Å². The summed E-state index contributed by atoms with van der Waals surface area (Å²) in [5.41, 5.74) is 6.58. The number of nitrogens with zero attached hydrogens (tertiary/aromatic N) is 1. The number of carbonyl (C=O) groups is 1. The van der Waals surface area contributed by atoms with Gasteiger partial charge in [-0.3, -0.25) is 15.6 Å². The number of hydrogen-bond donors (Lipinski definition) is 3. The first-order chi connectivity index (χ1) is 10.3. The van der Waals surface area contributed by atoms with Crippen LogP contribution in [0.5, 0.6) is 0 Å². The average molecular weight is 320 g/mol. The fourth-order valence-electron chi connectivity index (χ4n) is 1.81. The van der Waals surface area contributed by atoms with E-state index in [1.165, 1.54) is 0 Å². The van der Waals surface area contributed by atoms with Crippen molar-refractivity contribution in [3.05, 3.63) is 30.2 Å². The van der Waals surface area contributed by atoms with Crippen LogP contribution in [0.2, 0.25) is 0 Å². The number of para-hydroxylation sites is 2. The number of thiocarbonyl (C=S) groups is 1. The van der Waals surface area contributed by atoms with Gasteiger partial charge in [-0.05, 0) is 45.1 Å². The Balaban J connectivity index is 1.77. The van der Waals surface area contributed by atoms with Crippen LogP contribution in [0.25, 0.3) is 11.1 Å². The summed E-state index contributed by atoms with van der Waals surface area (Å²) in [6.07, 6.45) is 0.694. The second-order valence-corrected chi connectivity index (χ2v) is 6.36. The van der Waals surface area contributed by atoms with Crippen molar-refractivity contribution in [3.63, 3.8) is 0 Å². The molecule has 0 aliphatic rings. The summed E-state index contributed by atoms with van der Waals surface area (Å²) < 4.78 is 5.56. The van der Waals surface area contributed by atoms with Gasteiger partial charge in [0.1, 0.15) is 5.52 Å². The molecule has 0 spiro atoms. The Labute approximate surface area is 134 Å². The van der Waals surface area contributed by atoms with Crippen molar-refractivity contribution < 1.29 is 9.21 Å². The van der Waals surface area contributed by atoms with Crippen LogP contribution in [-0.2, 0) is 11.2 Å². The van der Waals surface area contributed by atoms with E-state index < -0.39 is 0 Å². The lowest BCUT2D eigenvalue weighted by molar-refractivity contribution is -0.121. The average Bonchev–Trinajstić information content (AvgIpc) is 2.84. The molecule has 1 aromatic heterocycles. The number of oxazole rings is 1. The summed E-state index contributed by atoms with van der Waals surface area (Å²) in [5.74, 6) is 0.368. The maximum Gasteiger partial charge on any atom is 0.238 e. The van der Waals surface area contributed by atoms with Crippen molar-refractivity contribution in [2.24, 2.45) is 0 Å². The van der Waals surface area contributed by atoms with Crippen LogP contribution in [0.15, 0.2) is 28.7 Å². The van der Waals surface area contributed by atoms with E-state index in [0.717, 1.165) is 11.1 Å². The smallest absolute Gasteiger partial charge is 0.238 e. The Bertz CT molecular complexity index is 642. The van der Waals surface area contributed by atoms with E-state index in [1.54, 1.807) is 0 Å². The van der Waals surface area contributed by atoms with E-state index in [9.17, 15) is 4.79 Å². The van der Waals surface area contributed by atoms with Gasteiger partial charge in [-0.15, -0.1) is 0 Å². The maximum absolute atomic E-state index is 11.8. The molecule has 2 rings (SSSR count). The van der Waals surface area contributed by atoms with Crippen molar-refractivity contribution in [2.45, 2.75) is 39.2 Å². The van der Waals surface area contributed by atoms with Crippen molar-refractivity contribution in [1.82, 2.24) is 21.2 Å². The minimum Gasteiger partial charge on any atom is -0.441 e. The highest BCUT2D eigenvalue weighted by molar-refractivity contribution is 7.80. The zero-order valence-electron chi connectivity index (χ0n) is 12.9. The van der Waals surface area contributed by atoms with Gasteiger partial charge >= 0.3 is 0 Å². The number of rotatable bonds is 3. The molecular weight excluding hydrogens is 300 g/mol. The van der Waals surface area contributed by atoms with Crippen LogP contribution in [0, 0.1) is 0 Å². The van der Waals surface area contributed by atoms with E-state index >= 15 is 0 Å². The highest BCUT2D eigenvalue weighted by atomic mass is 32.1. The highest BCUT2D eigenvalue weighted by Crippen LogP contribution is 2.15. The Morgan fingerprint density at radius 2 is 2.00 bits per heavy atom. The molecule has 6 nitrogen and oxygen atoms in total. The van der Waals surface area contributed by atoms with Gasteiger partial charge < -0.3 is 9.73 Å². The fraction of sp³-hybridized carbons (Fsp3) is 0.400. The summed E-state index contributed by atoms with van der Waals surface area (Å²) >= 11 is 5.07. The highest BCUT2D eigenvalue weighted by Gasteiger charge is 2.12. The van der Waals surface area contributed by atoms with Gasteiger partial charge in [0.25, 0.3) is 0 Å². The van der Waals surface area contributed by atoms with E-state index in [0.29, 0.717) is 17.4 Å². The van der Waals surface area contributed by atoms with E-state index in [4.69, 9.17) is 16.6 Å². The maximum atomic E-state index is 11.8. The Morgan fingerprint density at radius 1 is 1.27 bits per heavy atom. The van der Waals surface area contributed by atoms with Crippen molar-refractivity contribution in [3.8, 4) is 0 Å². The number of aromatic nitrogens is 1. The normalized spacial score (nSPS) is 11.2. The number of amides is 1. The lowest BCUT2D eigenvalue weighted by Gasteiger charge is -2.23. The molecule has 0 atom stereocenters. The molecule has 0 saturated carbocycles. The number of carbonyl (C=O) groups excluding carboxylic acids is 1. The molecule has 118 valence electrons. The monoisotopic (exact) mass is 320 g/mol. The largest absolute Gasteiger partial charge is 0.441 e. The summed E-state index contributed by atoms with van der Waals surface area (Å²) in [6.45, 7) is 5.95. The van der Waals surface area contributed by atoms with Crippen molar-refractivity contribution in [2.75, 3.05) is 0 Å². The lowest BCUT2D eigenvalue weighted by Crippen LogP contribution is -2.52. The molecule has 1 amide bonds. The zero-order valence-corrected chi connectivity index (χ0v) is 13.7. The minimum atomic E-state index is -0.180. The molecule has 3 N–H and O–H groups in total. The summed E-state index contributed by atoms with van der Waals surface area (Å²) in [5, 5.41) is 3.42. The molecule has 0 bridgehead atoms. The zero-order chi connectivity index (χ0) is 16.2. The first-order valence-corrected chi connectivity index (χ1v) is 7.46. The molecule has 1 aromatic carbocycles. The number of hydrogen-bond acceptors (Lipinski definition) is 4. The SMILES string of the molecule is CC(C)(C)NC(=S)NNC(=O)CCc1nc2ccccc2o1. The van der Waals surface area contributed by atoms with Crippen LogP contribution >= 0.6 is 12.2 Å². The number of aryl methyl sites for hydroxylation is 1. The Kier molecular flexibility index (Phi) is 4.97. The molecule has 0 aliphatic carbocycles. The molecule has 0 aliphatic heterocycles. The summed E-state index contributed by atoms with van der Waals surface area (Å²) in [7, 11) is 0. The van der Waals surface area contributed by atoms with Gasteiger partial charge in [-0.25, -0.2) is 4.98 Å². The molecule has 0 unspecified atom stereocenters. The minimum absolute atomic E-state index is 0.160. The van der Waals surface area contributed by atoms with Gasteiger partial charge in [0.05, 0.1) is 0 Å². The van der Waals surface area contributed by atoms with E-state index in [2.05, 4.69) is 21.2 Å².